The number of nitrogens with one attached hydrogen (secondary N) is 2. The van der Waals surface area contributed by atoms with E-state index in [1.807, 2.05) is 0 Å². The highest BCUT2D eigenvalue weighted by molar-refractivity contribution is 5.95. The second-order valence-electron chi connectivity index (χ2n) is 5.05. The van der Waals surface area contributed by atoms with Gasteiger partial charge in [0.2, 0.25) is 0 Å². The monoisotopic (exact) mass is 331 g/mol. The Hall–Kier alpha value is -3.16. The zero-order valence-corrected chi connectivity index (χ0v) is 13.2. The molecule has 1 atom stereocenters. The van der Waals surface area contributed by atoms with Crippen LogP contribution in [0.4, 0.5) is 10.5 Å². The fourth-order valence-corrected chi connectivity index (χ4v) is 2.30. The molecule has 0 aliphatic carbocycles. The number of allylic oxidation sites excluding steroid dienone is 1. The van der Waals surface area contributed by atoms with Gasteiger partial charge in [-0.1, -0.05) is 24.3 Å². The van der Waals surface area contributed by atoms with E-state index in [1.165, 1.54) is 12.1 Å². The van der Waals surface area contributed by atoms with Gasteiger partial charge in [-0.15, -0.1) is 0 Å². The first-order valence-corrected chi connectivity index (χ1v) is 7.30. The topological polar surface area (TPSA) is 111 Å². The molecule has 0 bridgehead atoms. The quantitative estimate of drug-likeness (QED) is 0.488. The van der Waals surface area contributed by atoms with E-state index in [2.05, 4.69) is 10.6 Å². The zero-order chi connectivity index (χ0) is 17.7. The SMILES string of the molecule is CCOC(=O)C1=C(C)NC(=O)NC1C=Cc1cccc([N+](=O)[O-])c1. The largest absolute Gasteiger partial charge is 0.463 e. The van der Waals surface area contributed by atoms with Gasteiger partial charge in [0.05, 0.1) is 23.1 Å². The number of nitro groups is 1. The number of urea groups is 1. The highest BCUT2D eigenvalue weighted by Gasteiger charge is 2.29. The summed E-state index contributed by atoms with van der Waals surface area (Å²) >= 11 is 0. The Bertz CT molecular complexity index is 739. The number of nitro benzene ring substituents is 1. The summed E-state index contributed by atoms with van der Waals surface area (Å²) in [7, 11) is 0. The molecule has 0 fully saturated rings. The van der Waals surface area contributed by atoms with Crippen molar-refractivity contribution in [2.75, 3.05) is 6.61 Å². The van der Waals surface area contributed by atoms with Crippen LogP contribution < -0.4 is 10.6 Å². The first kappa shape index (κ1) is 17.2. The molecule has 1 unspecified atom stereocenters. The van der Waals surface area contributed by atoms with Gasteiger partial charge in [-0.05, 0) is 19.4 Å². The second-order valence-corrected chi connectivity index (χ2v) is 5.05. The summed E-state index contributed by atoms with van der Waals surface area (Å²) in [6.45, 7) is 3.51. The van der Waals surface area contributed by atoms with Gasteiger partial charge in [-0.25, -0.2) is 9.59 Å². The van der Waals surface area contributed by atoms with Gasteiger partial charge in [0, 0.05) is 17.8 Å². The third-order valence-corrected chi connectivity index (χ3v) is 3.36. The number of amides is 2. The van der Waals surface area contributed by atoms with E-state index in [9.17, 15) is 19.7 Å². The summed E-state index contributed by atoms with van der Waals surface area (Å²) in [6.07, 6.45) is 3.20. The highest BCUT2D eigenvalue weighted by Crippen LogP contribution is 2.18. The molecule has 126 valence electrons. The number of non-ortho nitro benzene ring substituents is 1. The third kappa shape index (κ3) is 3.97. The molecule has 24 heavy (non-hydrogen) atoms. The van der Waals surface area contributed by atoms with Crippen molar-refractivity contribution in [2.45, 2.75) is 19.9 Å². The van der Waals surface area contributed by atoms with Crippen LogP contribution >= 0.6 is 0 Å². The van der Waals surface area contributed by atoms with E-state index >= 15 is 0 Å². The van der Waals surface area contributed by atoms with Gasteiger partial charge in [0.25, 0.3) is 5.69 Å². The zero-order valence-electron chi connectivity index (χ0n) is 13.2. The van der Waals surface area contributed by atoms with E-state index in [1.54, 1.807) is 38.1 Å². The summed E-state index contributed by atoms with van der Waals surface area (Å²) in [5.41, 5.74) is 1.24. The second kappa shape index (κ2) is 7.40. The van der Waals surface area contributed by atoms with E-state index in [0.29, 0.717) is 11.3 Å². The molecule has 2 rings (SSSR count). The average Bonchev–Trinajstić information content (AvgIpc) is 2.52. The minimum absolute atomic E-state index is 0.0381. The molecule has 0 saturated heterocycles. The maximum atomic E-state index is 12.1. The minimum atomic E-state index is -0.683. The van der Waals surface area contributed by atoms with Crippen molar-refractivity contribution in [3.63, 3.8) is 0 Å². The summed E-state index contributed by atoms with van der Waals surface area (Å²) in [4.78, 5) is 34.0. The number of hydrogen-bond donors (Lipinski definition) is 2. The molecule has 0 spiro atoms. The maximum absolute atomic E-state index is 12.1. The normalized spacial score (nSPS) is 17.4. The number of rotatable bonds is 5. The molecular weight excluding hydrogens is 314 g/mol. The molecule has 2 N–H and O–H groups in total. The summed E-state index contributed by atoms with van der Waals surface area (Å²) in [5.74, 6) is -0.531. The molecule has 1 aliphatic heterocycles. The van der Waals surface area contributed by atoms with Crippen LogP contribution in [-0.4, -0.2) is 29.6 Å². The van der Waals surface area contributed by atoms with Gasteiger partial charge < -0.3 is 15.4 Å². The molecule has 1 aromatic rings. The fourth-order valence-electron chi connectivity index (χ4n) is 2.30. The van der Waals surface area contributed by atoms with Crippen molar-refractivity contribution in [2.24, 2.45) is 0 Å². The lowest BCUT2D eigenvalue weighted by molar-refractivity contribution is -0.384. The van der Waals surface area contributed by atoms with Crippen LogP contribution in [0.1, 0.15) is 19.4 Å². The first-order chi connectivity index (χ1) is 11.4. The van der Waals surface area contributed by atoms with Gasteiger partial charge in [-0.2, -0.15) is 0 Å². The van der Waals surface area contributed by atoms with Crippen LogP contribution in [0, 0.1) is 10.1 Å². The van der Waals surface area contributed by atoms with Gasteiger partial charge in [-0.3, -0.25) is 10.1 Å². The number of hydrogen-bond acceptors (Lipinski definition) is 5. The Morgan fingerprint density at radius 3 is 2.88 bits per heavy atom. The van der Waals surface area contributed by atoms with Crippen LogP contribution in [0.15, 0.2) is 41.6 Å². The third-order valence-electron chi connectivity index (χ3n) is 3.36. The van der Waals surface area contributed by atoms with Gasteiger partial charge >= 0.3 is 12.0 Å². The van der Waals surface area contributed by atoms with Crippen molar-refractivity contribution >= 4 is 23.8 Å². The Balaban J connectivity index is 2.29. The smallest absolute Gasteiger partial charge is 0.338 e. The van der Waals surface area contributed by atoms with Gasteiger partial charge in [0.1, 0.15) is 0 Å². The van der Waals surface area contributed by atoms with E-state index in [0.717, 1.165) is 0 Å². The summed E-state index contributed by atoms with van der Waals surface area (Å²) in [5, 5.41) is 15.9. The Labute approximate surface area is 138 Å². The van der Waals surface area contributed by atoms with Crippen LogP contribution in [0.3, 0.4) is 0 Å². The summed E-state index contributed by atoms with van der Waals surface area (Å²) < 4.78 is 5.01. The van der Waals surface area contributed by atoms with E-state index in [4.69, 9.17) is 4.74 Å². The molecule has 8 nitrogen and oxygen atoms in total. The number of carbonyl (C=O) groups is 2. The predicted molar refractivity (Wildman–Crippen MR) is 86.9 cm³/mol. The van der Waals surface area contributed by atoms with Gasteiger partial charge in [0.15, 0.2) is 0 Å². The Morgan fingerprint density at radius 1 is 1.46 bits per heavy atom. The lowest BCUT2D eigenvalue weighted by Gasteiger charge is -2.25. The molecule has 0 saturated carbocycles. The molecule has 8 heteroatoms. The molecule has 0 aromatic heterocycles. The fraction of sp³-hybridized carbons (Fsp3) is 0.250. The van der Waals surface area contributed by atoms with Crippen molar-refractivity contribution in [3.8, 4) is 0 Å². The number of benzene rings is 1. The van der Waals surface area contributed by atoms with Crippen molar-refractivity contribution < 1.29 is 19.2 Å². The number of nitrogens with zero attached hydrogens (tertiary/aromatic N) is 1. The van der Waals surface area contributed by atoms with Crippen molar-refractivity contribution in [1.29, 1.82) is 0 Å². The standard InChI is InChI=1S/C16H17N3O5/c1-3-24-15(20)14-10(2)17-16(21)18-13(14)8-7-11-5-4-6-12(9-11)19(22)23/h4-9,13H,3H2,1-2H3,(H2,17,18,21). The van der Waals surface area contributed by atoms with Crippen LogP contribution in [0.5, 0.6) is 0 Å². The number of esters is 1. The van der Waals surface area contributed by atoms with Crippen molar-refractivity contribution in [1.82, 2.24) is 10.6 Å². The van der Waals surface area contributed by atoms with Crippen molar-refractivity contribution in [3.05, 3.63) is 57.3 Å². The molecular formula is C16H17N3O5. The lowest BCUT2D eigenvalue weighted by Crippen LogP contribution is -2.49. The Morgan fingerprint density at radius 2 is 2.21 bits per heavy atom. The van der Waals surface area contributed by atoms with E-state index < -0.39 is 23.0 Å². The first-order valence-electron chi connectivity index (χ1n) is 7.30. The van der Waals surface area contributed by atoms with E-state index in [-0.39, 0.29) is 17.9 Å². The summed E-state index contributed by atoms with van der Waals surface area (Å²) in [6, 6.07) is 4.92. The molecule has 1 aliphatic rings. The molecule has 0 radical (unpaired) electrons. The van der Waals surface area contributed by atoms with Crippen LogP contribution in [0.2, 0.25) is 0 Å². The maximum Gasteiger partial charge on any atom is 0.338 e. The predicted octanol–water partition coefficient (Wildman–Crippen LogP) is 2.13. The Kier molecular flexibility index (Phi) is 5.31. The molecule has 1 heterocycles. The molecule has 1 aromatic carbocycles. The highest BCUT2D eigenvalue weighted by atomic mass is 16.6. The number of ether oxygens (including phenoxy) is 1. The van der Waals surface area contributed by atoms with Crippen LogP contribution in [-0.2, 0) is 9.53 Å². The average molecular weight is 331 g/mol. The minimum Gasteiger partial charge on any atom is -0.463 e. The lowest BCUT2D eigenvalue weighted by atomic mass is 10.0. The number of carbonyl (C=O) groups excluding carboxylic acids is 2. The molecule has 2 amide bonds. The van der Waals surface area contributed by atoms with Crippen LogP contribution in [0.25, 0.3) is 6.08 Å².